The summed E-state index contributed by atoms with van der Waals surface area (Å²) in [5.41, 5.74) is 3.35. The molecule has 0 spiro atoms. The van der Waals surface area contributed by atoms with Crippen molar-refractivity contribution in [2.24, 2.45) is 0 Å². The molecule has 3 aliphatic heterocycles. The summed E-state index contributed by atoms with van der Waals surface area (Å²) in [4.78, 5) is 72.2. The first kappa shape index (κ1) is 59.7. The number of nitrogens with zero attached hydrogens (tertiary/aromatic N) is 3. The van der Waals surface area contributed by atoms with E-state index in [0.717, 1.165) is 28.8 Å². The van der Waals surface area contributed by atoms with Crippen molar-refractivity contribution in [2.75, 3.05) is 77.7 Å². The van der Waals surface area contributed by atoms with Crippen molar-refractivity contribution >= 4 is 46.8 Å². The number of phenolic OH excluding ortho intramolecular Hbond substituents is 2. The van der Waals surface area contributed by atoms with Gasteiger partial charge in [-0.25, -0.2) is 8.78 Å². The van der Waals surface area contributed by atoms with E-state index in [1.807, 2.05) is 24.8 Å². The first-order valence-corrected chi connectivity index (χ1v) is 27.3. The van der Waals surface area contributed by atoms with E-state index in [-0.39, 0.29) is 113 Å². The molecule has 0 aromatic heterocycles. The Hall–Kier alpha value is -7.95. The van der Waals surface area contributed by atoms with Crippen molar-refractivity contribution in [3.8, 4) is 22.6 Å². The van der Waals surface area contributed by atoms with Gasteiger partial charge in [-0.1, -0.05) is 55.8 Å². The van der Waals surface area contributed by atoms with Gasteiger partial charge in [-0.3, -0.25) is 28.9 Å². The van der Waals surface area contributed by atoms with Crippen LogP contribution in [0.1, 0.15) is 113 Å². The first-order chi connectivity index (χ1) is 39.7. The Morgan fingerprint density at radius 2 is 1.41 bits per heavy atom. The van der Waals surface area contributed by atoms with Gasteiger partial charge in [-0.05, 0) is 106 Å². The highest BCUT2D eigenvalue weighted by Crippen LogP contribution is 2.43. The van der Waals surface area contributed by atoms with Gasteiger partial charge in [0.15, 0.2) is 0 Å². The predicted molar refractivity (Wildman–Crippen MR) is 297 cm³/mol. The lowest BCUT2D eigenvalue weighted by molar-refractivity contribution is -0.138. The quantitative estimate of drug-likeness (QED) is 0.0340. The fourth-order valence-electron chi connectivity index (χ4n) is 10.3. The summed E-state index contributed by atoms with van der Waals surface area (Å²) in [6.07, 6.45) is -4.71. The summed E-state index contributed by atoms with van der Waals surface area (Å²) in [6, 6.07) is 22.0. The molecule has 83 heavy (non-hydrogen) atoms. The van der Waals surface area contributed by atoms with E-state index >= 15 is 0 Å². The number of phenols is 2. The largest absolute Gasteiger partial charge is 0.508 e. The summed E-state index contributed by atoms with van der Waals surface area (Å²) >= 11 is 6.42. The molecule has 1 atom stereocenters. The number of amides is 5. The van der Waals surface area contributed by atoms with Crippen LogP contribution < -0.4 is 16.0 Å². The average molecular weight is 1170 g/mol. The van der Waals surface area contributed by atoms with Crippen molar-refractivity contribution in [1.82, 2.24) is 25.3 Å². The number of anilines is 1. The van der Waals surface area contributed by atoms with Gasteiger partial charge < -0.3 is 50.2 Å². The average Bonchev–Trinajstić information content (AvgIpc) is 3.40. The molecule has 0 radical (unpaired) electrons. The highest BCUT2D eigenvalue weighted by Gasteiger charge is 2.37. The zero-order valence-corrected chi connectivity index (χ0v) is 46.1. The molecular formula is C61H60ClF5N6O10. The Morgan fingerprint density at radius 1 is 0.711 bits per heavy atom. The minimum Gasteiger partial charge on any atom is -0.508 e. The molecular weight excluding hydrogens is 1110 g/mol. The number of ether oxygens (including phenoxy) is 3. The van der Waals surface area contributed by atoms with Crippen LogP contribution in [0.4, 0.5) is 27.6 Å². The molecule has 5 amide bonds. The molecule has 9 rings (SSSR count). The third-order valence-electron chi connectivity index (χ3n) is 14.6. The Kier molecular flexibility index (Phi) is 18.8. The second-order valence-corrected chi connectivity index (χ2v) is 21.1. The second-order valence-electron chi connectivity index (χ2n) is 20.7. The zero-order chi connectivity index (χ0) is 59.1. The van der Waals surface area contributed by atoms with Crippen LogP contribution >= 0.6 is 11.6 Å². The minimum atomic E-state index is -4.95. The molecule has 1 saturated heterocycles. The van der Waals surface area contributed by atoms with Gasteiger partial charge in [0.05, 0.1) is 63.2 Å². The summed E-state index contributed by atoms with van der Waals surface area (Å²) in [6.45, 7) is 9.73. The van der Waals surface area contributed by atoms with Crippen LogP contribution in [-0.4, -0.2) is 127 Å². The SMILES string of the molecule is CC(C)c1cc(C(=O)N2Cc3ccc(CN4CCN(C(=O)CCOCCOCCOCCNC(=O)c5ccc(-c6cc(NC(=O)c7cc(F)cc(C(F)(F)F)c7)c7c(c6)C(=O)NC7c6cc(F)ccc6Cl)cc5)CC4)cc3C2)c(O)cc1O. The topological polar surface area (TPSA) is 199 Å². The first-order valence-electron chi connectivity index (χ1n) is 26.9. The van der Waals surface area contributed by atoms with Gasteiger partial charge in [0.2, 0.25) is 5.91 Å². The molecule has 3 aliphatic rings. The number of halogens is 6. The monoisotopic (exact) mass is 1170 g/mol. The molecule has 6 aromatic rings. The van der Waals surface area contributed by atoms with Crippen molar-refractivity contribution in [1.29, 1.82) is 0 Å². The number of carbonyl (C=O) groups is 5. The zero-order valence-electron chi connectivity index (χ0n) is 45.3. The summed E-state index contributed by atoms with van der Waals surface area (Å²) in [5.74, 6) is -4.70. The van der Waals surface area contributed by atoms with Gasteiger partial charge in [-0.15, -0.1) is 0 Å². The number of hydrogen-bond donors (Lipinski definition) is 5. The molecule has 16 nitrogen and oxygen atoms in total. The molecule has 0 aliphatic carbocycles. The van der Waals surface area contributed by atoms with E-state index in [1.165, 1.54) is 36.4 Å². The molecule has 22 heteroatoms. The maximum atomic E-state index is 14.5. The van der Waals surface area contributed by atoms with Crippen molar-refractivity contribution < 1.29 is 70.3 Å². The van der Waals surface area contributed by atoms with Crippen molar-refractivity contribution in [3.63, 3.8) is 0 Å². The lowest BCUT2D eigenvalue weighted by Crippen LogP contribution is -2.48. The van der Waals surface area contributed by atoms with Crippen LogP contribution in [0.15, 0.2) is 103 Å². The lowest BCUT2D eigenvalue weighted by Gasteiger charge is -2.35. The number of nitrogens with one attached hydrogen (secondary N) is 3. The smallest absolute Gasteiger partial charge is 0.416 e. The van der Waals surface area contributed by atoms with E-state index in [1.54, 1.807) is 23.1 Å². The van der Waals surface area contributed by atoms with E-state index in [2.05, 4.69) is 33.0 Å². The van der Waals surface area contributed by atoms with E-state index in [4.69, 9.17) is 25.8 Å². The number of alkyl halides is 3. The molecule has 5 N–H and O–H groups in total. The Balaban J connectivity index is 0.660. The molecule has 3 heterocycles. The number of fused-ring (bicyclic) bond motifs is 2. The number of carbonyl (C=O) groups excluding carboxylic acids is 5. The third kappa shape index (κ3) is 14.5. The summed E-state index contributed by atoms with van der Waals surface area (Å²) in [5, 5.41) is 28.8. The molecule has 1 fully saturated rings. The number of benzene rings is 6. The second kappa shape index (κ2) is 26.1. The van der Waals surface area contributed by atoms with Crippen LogP contribution in [0.5, 0.6) is 11.5 Å². The predicted octanol–water partition coefficient (Wildman–Crippen LogP) is 9.59. The minimum absolute atomic E-state index is 0.0184. The Labute approximate surface area is 480 Å². The van der Waals surface area contributed by atoms with E-state index < -0.39 is 52.7 Å². The fourth-order valence-corrected chi connectivity index (χ4v) is 10.5. The maximum Gasteiger partial charge on any atom is 0.416 e. The standard InChI is InChI=1S/C61H60ClF5N6O10/c1-35(2)46-30-48(53(75)31-52(46)74)60(80)73-33-39-4-3-36(23-42(39)34-73)32-71-13-15-72(16-14-71)54(76)11-17-81-19-21-83-22-20-82-18-12-68-57(77)38-7-5-37(6-8-38)40-26-49-55(56(70-59(49)79)47-29-44(63)9-10-50(47)62)51(27-40)69-58(78)41-24-43(61(65,66)67)28-45(64)25-41/h3-10,23-31,35,56,74-75H,11-22,32-34H2,1-2H3,(H,68,77)(H,69,78)(H,70,79). The Bertz CT molecular complexity index is 3430. The summed E-state index contributed by atoms with van der Waals surface area (Å²) < 4.78 is 86.3. The van der Waals surface area contributed by atoms with E-state index in [9.17, 15) is 56.1 Å². The van der Waals surface area contributed by atoms with Crippen molar-refractivity contribution in [2.45, 2.75) is 58.0 Å². The van der Waals surface area contributed by atoms with Crippen LogP contribution in [0.2, 0.25) is 5.02 Å². The highest BCUT2D eigenvalue weighted by molar-refractivity contribution is 6.31. The van der Waals surface area contributed by atoms with Gasteiger partial charge >= 0.3 is 6.18 Å². The molecule has 1 unspecified atom stereocenters. The number of aromatic hydroxyl groups is 2. The molecule has 0 saturated carbocycles. The van der Waals surface area contributed by atoms with Gasteiger partial charge in [-0.2, -0.15) is 13.2 Å². The number of rotatable bonds is 21. The number of piperazine rings is 1. The number of hydrogen-bond acceptors (Lipinski definition) is 11. The fraction of sp³-hybridized carbons (Fsp3) is 0.328. The van der Waals surface area contributed by atoms with Crippen LogP contribution in [0, 0.1) is 11.6 Å². The lowest BCUT2D eigenvalue weighted by atomic mass is 9.92. The van der Waals surface area contributed by atoms with Gasteiger partial charge in [0.1, 0.15) is 23.1 Å². The highest BCUT2D eigenvalue weighted by atomic mass is 35.5. The van der Waals surface area contributed by atoms with Crippen LogP contribution in [0.25, 0.3) is 11.1 Å². The maximum absolute atomic E-state index is 14.5. The van der Waals surface area contributed by atoms with Crippen molar-refractivity contribution in [3.05, 3.63) is 181 Å². The third-order valence-corrected chi connectivity index (χ3v) is 15.0. The molecule has 0 bridgehead atoms. The van der Waals surface area contributed by atoms with Crippen LogP contribution in [-0.2, 0) is 44.8 Å². The van der Waals surface area contributed by atoms with E-state index in [0.29, 0.717) is 87.9 Å². The Morgan fingerprint density at radius 3 is 2.12 bits per heavy atom. The summed E-state index contributed by atoms with van der Waals surface area (Å²) in [7, 11) is 0. The van der Waals surface area contributed by atoms with Gasteiger partial charge in [0, 0.05) is 97.0 Å². The van der Waals surface area contributed by atoms with Crippen LogP contribution in [0.3, 0.4) is 0 Å². The van der Waals surface area contributed by atoms with Gasteiger partial charge in [0.25, 0.3) is 23.6 Å². The molecule has 6 aromatic carbocycles. The molecule has 436 valence electrons. The normalized spacial score (nSPS) is 15.1.